The van der Waals surface area contributed by atoms with Crippen LogP contribution < -0.4 is 10.1 Å². The van der Waals surface area contributed by atoms with Gasteiger partial charge in [-0.25, -0.2) is 4.39 Å². The normalized spacial score (nSPS) is 10.6. The quantitative estimate of drug-likeness (QED) is 0.770. The Hall–Kier alpha value is -1.87. The number of rotatable bonds is 7. The van der Waals surface area contributed by atoms with Crippen LogP contribution in [0.3, 0.4) is 0 Å². The van der Waals surface area contributed by atoms with E-state index < -0.39 is 0 Å². The highest BCUT2D eigenvalue weighted by Crippen LogP contribution is 2.20. The van der Waals surface area contributed by atoms with Crippen molar-refractivity contribution < 1.29 is 9.13 Å². The fourth-order valence-electron chi connectivity index (χ4n) is 2.20. The Morgan fingerprint density at radius 2 is 1.86 bits per heavy atom. The molecule has 1 N–H and O–H groups in total. The van der Waals surface area contributed by atoms with Gasteiger partial charge >= 0.3 is 0 Å². The molecule has 0 heterocycles. The van der Waals surface area contributed by atoms with E-state index in [-0.39, 0.29) is 5.82 Å². The van der Waals surface area contributed by atoms with Crippen LogP contribution in [0.1, 0.15) is 30.0 Å². The number of nitrogens with one attached hydrogen (secondary N) is 1. The smallest absolute Gasteiger partial charge is 0.123 e. The maximum absolute atomic E-state index is 13.1. The molecule has 0 aliphatic rings. The van der Waals surface area contributed by atoms with Crippen LogP contribution in [0.15, 0.2) is 42.5 Å². The Bertz CT molecular complexity index is 583. The molecule has 2 aromatic rings. The van der Waals surface area contributed by atoms with Crippen LogP contribution in [0.4, 0.5) is 4.39 Å². The van der Waals surface area contributed by atoms with E-state index in [0.29, 0.717) is 6.61 Å². The lowest BCUT2D eigenvalue weighted by molar-refractivity contribution is 0.302. The first-order valence-corrected chi connectivity index (χ1v) is 7.37. The zero-order chi connectivity index (χ0) is 15.1. The van der Waals surface area contributed by atoms with Crippen LogP contribution in [0, 0.1) is 12.7 Å². The number of benzene rings is 2. The van der Waals surface area contributed by atoms with Crippen molar-refractivity contribution in [2.45, 2.75) is 33.4 Å². The largest absolute Gasteiger partial charge is 0.489 e. The molecule has 0 aromatic heterocycles. The van der Waals surface area contributed by atoms with Crippen LogP contribution >= 0.6 is 0 Å². The second-order valence-corrected chi connectivity index (χ2v) is 5.14. The number of ether oxygens (including phenoxy) is 1. The van der Waals surface area contributed by atoms with Gasteiger partial charge in [0.2, 0.25) is 0 Å². The minimum atomic E-state index is -0.232. The standard InChI is InChI=1S/C18H22FNO/c1-3-10-20-12-15-6-4-5-7-16(15)13-21-18-9-8-17(19)11-14(18)2/h4-9,11,20H,3,10,12-13H2,1-2H3. The van der Waals surface area contributed by atoms with Crippen molar-refractivity contribution in [2.75, 3.05) is 6.54 Å². The van der Waals surface area contributed by atoms with Crippen LogP contribution in [0.2, 0.25) is 0 Å². The van der Waals surface area contributed by atoms with Crippen molar-refractivity contribution in [3.05, 3.63) is 65.0 Å². The van der Waals surface area contributed by atoms with Crippen molar-refractivity contribution in [2.24, 2.45) is 0 Å². The first-order chi connectivity index (χ1) is 10.2. The molecular weight excluding hydrogens is 265 g/mol. The van der Waals surface area contributed by atoms with E-state index >= 15 is 0 Å². The van der Waals surface area contributed by atoms with E-state index in [1.165, 1.54) is 17.7 Å². The topological polar surface area (TPSA) is 21.3 Å². The van der Waals surface area contributed by atoms with Gasteiger partial charge < -0.3 is 10.1 Å². The summed E-state index contributed by atoms with van der Waals surface area (Å²) < 4.78 is 18.9. The van der Waals surface area contributed by atoms with Crippen molar-refractivity contribution in [3.63, 3.8) is 0 Å². The second kappa shape index (κ2) is 7.79. The van der Waals surface area contributed by atoms with Gasteiger partial charge in [0.1, 0.15) is 18.2 Å². The highest BCUT2D eigenvalue weighted by atomic mass is 19.1. The Morgan fingerprint density at radius 3 is 2.57 bits per heavy atom. The van der Waals surface area contributed by atoms with Gasteiger partial charge in [0.15, 0.2) is 0 Å². The van der Waals surface area contributed by atoms with Crippen LogP contribution in [-0.2, 0) is 13.2 Å². The minimum absolute atomic E-state index is 0.232. The van der Waals surface area contributed by atoms with Gasteiger partial charge in [-0.05, 0) is 54.8 Å². The lowest BCUT2D eigenvalue weighted by atomic mass is 10.1. The molecule has 0 spiro atoms. The summed E-state index contributed by atoms with van der Waals surface area (Å²) in [4.78, 5) is 0. The third kappa shape index (κ3) is 4.57. The van der Waals surface area contributed by atoms with Gasteiger partial charge in [-0.1, -0.05) is 31.2 Å². The Balaban J connectivity index is 2.02. The van der Waals surface area contributed by atoms with Crippen molar-refractivity contribution in [1.29, 1.82) is 0 Å². The summed E-state index contributed by atoms with van der Waals surface area (Å²) in [6.45, 7) is 6.35. The molecular formula is C18H22FNO. The maximum atomic E-state index is 13.1. The summed E-state index contributed by atoms with van der Waals surface area (Å²) in [6.07, 6.45) is 1.12. The molecule has 112 valence electrons. The van der Waals surface area contributed by atoms with E-state index in [0.717, 1.165) is 36.4 Å². The molecule has 0 atom stereocenters. The SMILES string of the molecule is CCCNCc1ccccc1COc1ccc(F)cc1C. The van der Waals surface area contributed by atoms with Gasteiger partial charge in [0.05, 0.1) is 0 Å². The van der Waals surface area contributed by atoms with Gasteiger partial charge in [0.25, 0.3) is 0 Å². The molecule has 2 nitrogen and oxygen atoms in total. The van der Waals surface area contributed by atoms with Gasteiger partial charge in [-0.3, -0.25) is 0 Å². The lowest BCUT2D eigenvalue weighted by Gasteiger charge is -2.13. The fourth-order valence-corrected chi connectivity index (χ4v) is 2.20. The molecule has 0 amide bonds. The summed E-state index contributed by atoms with van der Waals surface area (Å²) in [7, 11) is 0. The predicted octanol–water partition coefficient (Wildman–Crippen LogP) is 4.21. The monoisotopic (exact) mass is 287 g/mol. The van der Waals surface area contributed by atoms with Crippen molar-refractivity contribution in [1.82, 2.24) is 5.32 Å². The average molecular weight is 287 g/mol. The van der Waals surface area contributed by atoms with Crippen molar-refractivity contribution >= 4 is 0 Å². The van der Waals surface area contributed by atoms with E-state index in [9.17, 15) is 4.39 Å². The zero-order valence-corrected chi connectivity index (χ0v) is 12.7. The first kappa shape index (κ1) is 15.5. The molecule has 3 heteroatoms. The van der Waals surface area contributed by atoms with Crippen molar-refractivity contribution in [3.8, 4) is 5.75 Å². The Labute approximate surface area is 126 Å². The molecule has 0 fully saturated rings. The van der Waals surface area contributed by atoms with E-state index in [1.54, 1.807) is 6.07 Å². The molecule has 0 saturated carbocycles. The summed E-state index contributed by atoms with van der Waals surface area (Å²) in [6, 6.07) is 12.8. The predicted molar refractivity (Wildman–Crippen MR) is 83.9 cm³/mol. The molecule has 0 aliphatic carbocycles. The molecule has 0 aliphatic heterocycles. The number of halogens is 1. The molecule has 2 rings (SSSR count). The summed E-state index contributed by atoms with van der Waals surface area (Å²) in [5.74, 6) is 0.497. The molecule has 0 unspecified atom stereocenters. The van der Waals surface area contributed by atoms with Crippen LogP contribution in [-0.4, -0.2) is 6.54 Å². The molecule has 0 bridgehead atoms. The van der Waals surface area contributed by atoms with E-state index in [4.69, 9.17) is 4.74 Å². The van der Waals surface area contributed by atoms with Crippen LogP contribution in [0.25, 0.3) is 0 Å². The van der Waals surface area contributed by atoms with Gasteiger partial charge in [0, 0.05) is 6.54 Å². The highest BCUT2D eigenvalue weighted by molar-refractivity contribution is 5.33. The molecule has 0 saturated heterocycles. The summed E-state index contributed by atoms with van der Waals surface area (Å²) in [5, 5.41) is 3.40. The Morgan fingerprint density at radius 1 is 1.10 bits per heavy atom. The highest BCUT2D eigenvalue weighted by Gasteiger charge is 2.05. The third-order valence-electron chi connectivity index (χ3n) is 3.38. The second-order valence-electron chi connectivity index (χ2n) is 5.14. The minimum Gasteiger partial charge on any atom is -0.489 e. The van der Waals surface area contributed by atoms with Gasteiger partial charge in [-0.15, -0.1) is 0 Å². The maximum Gasteiger partial charge on any atom is 0.123 e. The van der Waals surface area contributed by atoms with E-state index in [2.05, 4.69) is 24.4 Å². The average Bonchev–Trinajstić information content (AvgIpc) is 2.48. The zero-order valence-electron chi connectivity index (χ0n) is 12.7. The third-order valence-corrected chi connectivity index (χ3v) is 3.38. The Kier molecular flexibility index (Phi) is 5.76. The van der Waals surface area contributed by atoms with Gasteiger partial charge in [-0.2, -0.15) is 0 Å². The fraction of sp³-hybridized carbons (Fsp3) is 0.333. The summed E-state index contributed by atoms with van der Waals surface area (Å²) >= 11 is 0. The van der Waals surface area contributed by atoms with E-state index in [1.807, 2.05) is 19.1 Å². The van der Waals surface area contributed by atoms with Crippen LogP contribution in [0.5, 0.6) is 5.75 Å². The number of aryl methyl sites for hydroxylation is 1. The molecule has 0 radical (unpaired) electrons. The first-order valence-electron chi connectivity index (χ1n) is 7.37. The number of hydrogen-bond donors (Lipinski definition) is 1. The number of hydrogen-bond acceptors (Lipinski definition) is 2. The molecule has 21 heavy (non-hydrogen) atoms. The lowest BCUT2D eigenvalue weighted by Crippen LogP contribution is -2.15. The molecule has 2 aromatic carbocycles. The summed E-state index contributed by atoms with van der Waals surface area (Å²) in [5.41, 5.74) is 3.21.